The monoisotopic (exact) mass is 340 g/mol. The number of anilines is 1. The highest BCUT2D eigenvalue weighted by Gasteiger charge is 2.30. The van der Waals surface area contributed by atoms with E-state index in [9.17, 15) is 26.7 Å². The van der Waals surface area contributed by atoms with E-state index >= 15 is 0 Å². The van der Waals surface area contributed by atoms with Crippen LogP contribution in [0.5, 0.6) is 0 Å². The molecule has 130 valence electrons. The Morgan fingerprint density at radius 1 is 1.13 bits per heavy atom. The third kappa shape index (κ3) is 8.46. The number of nitrogens with one attached hydrogen (secondary N) is 1. The van der Waals surface area contributed by atoms with Crippen LogP contribution < -0.4 is 5.32 Å². The van der Waals surface area contributed by atoms with Gasteiger partial charge in [-0.05, 0) is 18.6 Å². The van der Waals surface area contributed by atoms with Gasteiger partial charge in [0.15, 0.2) is 0 Å². The minimum Gasteiger partial charge on any atom is -0.396 e. The Kier molecular flexibility index (Phi) is 7.37. The number of aliphatic hydroxyl groups is 1. The van der Waals surface area contributed by atoms with Gasteiger partial charge in [-0.2, -0.15) is 13.2 Å². The predicted molar refractivity (Wildman–Crippen MR) is 73.8 cm³/mol. The molecule has 0 saturated carbocycles. The van der Waals surface area contributed by atoms with Crippen molar-refractivity contribution in [2.24, 2.45) is 0 Å². The summed E-state index contributed by atoms with van der Waals surface area (Å²) in [5, 5.41) is 10.9. The van der Waals surface area contributed by atoms with Gasteiger partial charge in [0, 0.05) is 37.9 Å². The third-order valence-corrected chi connectivity index (χ3v) is 2.84. The number of halogens is 5. The Morgan fingerprint density at radius 2 is 1.74 bits per heavy atom. The lowest BCUT2D eigenvalue weighted by Gasteiger charge is -2.23. The number of benzene rings is 1. The molecular formula is C14H17F5N2O2. The molecule has 0 unspecified atom stereocenters. The van der Waals surface area contributed by atoms with Gasteiger partial charge in [0.25, 0.3) is 0 Å². The average Bonchev–Trinajstić information content (AvgIpc) is 2.39. The Bertz CT molecular complexity index is 502. The second-order valence-electron chi connectivity index (χ2n) is 4.92. The Hall–Kier alpha value is -1.74. The van der Waals surface area contributed by atoms with E-state index in [-0.39, 0.29) is 38.2 Å². The van der Waals surface area contributed by atoms with Crippen molar-refractivity contribution in [2.45, 2.75) is 19.0 Å². The van der Waals surface area contributed by atoms with Crippen molar-refractivity contribution in [2.75, 3.05) is 31.6 Å². The van der Waals surface area contributed by atoms with E-state index < -0.39 is 30.3 Å². The van der Waals surface area contributed by atoms with Crippen molar-refractivity contribution in [3.05, 3.63) is 29.8 Å². The zero-order chi connectivity index (χ0) is 17.5. The molecule has 0 bridgehead atoms. The number of carbonyl (C=O) groups excluding carboxylic acids is 1. The van der Waals surface area contributed by atoms with Gasteiger partial charge in [-0.25, -0.2) is 8.78 Å². The summed E-state index contributed by atoms with van der Waals surface area (Å²) in [6.45, 7) is -1.67. The molecule has 0 fully saturated rings. The van der Waals surface area contributed by atoms with Crippen LogP contribution in [0, 0.1) is 11.6 Å². The first-order valence-electron chi connectivity index (χ1n) is 6.85. The minimum atomic E-state index is -4.42. The maximum Gasteiger partial charge on any atom is 0.401 e. The van der Waals surface area contributed by atoms with Crippen LogP contribution in [-0.4, -0.2) is 48.3 Å². The normalized spacial score (nSPS) is 11.8. The highest BCUT2D eigenvalue weighted by Crippen LogP contribution is 2.17. The molecule has 0 aliphatic heterocycles. The summed E-state index contributed by atoms with van der Waals surface area (Å²) in [5.41, 5.74) is -0.106. The molecule has 4 nitrogen and oxygen atoms in total. The van der Waals surface area contributed by atoms with Crippen LogP contribution in [-0.2, 0) is 4.79 Å². The van der Waals surface area contributed by atoms with E-state index in [2.05, 4.69) is 5.32 Å². The topological polar surface area (TPSA) is 52.6 Å². The van der Waals surface area contributed by atoms with Gasteiger partial charge in [0.2, 0.25) is 5.91 Å². The molecule has 0 aliphatic carbocycles. The first kappa shape index (κ1) is 19.3. The standard InChI is InChI=1S/C14H17F5N2O2/c15-10-6-11(16)8-12(7-10)20-13(23)2-4-21(3-1-5-22)9-14(17,18)19/h6-8,22H,1-5,9H2,(H,20,23). The summed E-state index contributed by atoms with van der Waals surface area (Å²) in [7, 11) is 0. The fourth-order valence-corrected chi connectivity index (χ4v) is 1.93. The highest BCUT2D eigenvalue weighted by molar-refractivity contribution is 5.90. The van der Waals surface area contributed by atoms with Gasteiger partial charge in [-0.1, -0.05) is 0 Å². The van der Waals surface area contributed by atoms with Crippen molar-refractivity contribution < 1.29 is 31.9 Å². The van der Waals surface area contributed by atoms with Gasteiger partial charge in [-0.15, -0.1) is 0 Å². The summed E-state index contributed by atoms with van der Waals surface area (Å²) in [6, 6.07) is 2.44. The van der Waals surface area contributed by atoms with Crippen LogP contribution in [0.1, 0.15) is 12.8 Å². The summed E-state index contributed by atoms with van der Waals surface area (Å²) < 4.78 is 63.2. The van der Waals surface area contributed by atoms with Gasteiger partial charge < -0.3 is 10.4 Å². The van der Waals surface area contributed by atoms with Crippen LogP contribution in [0.15, 0.2) is 18.2 Å². The number of nitrogens with zero attached hydrogens (tertiary/aromatic N) is 1. The van der Waals surface area contributed by atoms with E-state index in [1.165, 1.54) is 0 Å². The molecule has 1 aromatic rings. The predicted octanol–water partition coefficient (Wildman–Crippen LogP) is 2.54. The van der Waals surface area contributed by atoms with E-state index in [1.807, 2.05) is 0 Å². The molecular weight excluding hydrogens is 323 g/mol. The van der Waals surface area contributed by atoms with Gasteiger partial charge in [0.1, 0.15) is 11.6 Å². The molecule has 0 aliphatic rings. The number of aliphatic hydroxyl groups excluding tert-OH is 1. The number of hydrogen-bond acceptors (Lipinski definition) is 3. The Balaban J connectivity index is 2.53. The highest BCUT2D eigenvalue weighted by atomic mass is 19.4. The summed E-state index contributed by atoms with van der Waals surface area (Å²) in [5.74, 6) is -2.41. The quantitative estimate of drug-likeness (QED) is 0.715. The molecule has 0 atom stereocenters. The maximum absolute atomic E-state index is 13.0. The van der Waals surface area contributed by atoms with E-state index in [0.29, 0.717) is 6.07 Å². The van der Waals surface area contributed by atoms with Crippen molar-refractivity contribution in [3.63, 3.8) is 0 Å². The van der Waals surface area contributed by atoms with Crippen LogP contribution in [0.3, 0.4) is 0 Å². The lowest BCUT2D eigenvalue weighted by molar-refractivity contribution is -0.147. The third-order valence-electron chi connectivity index (χ3n) is 2.84. The molecule has 1 aromatic carbocycles. The maximum atomic E-state index is 13.0. The van der Waals surface area contributed by atoms with Gasteiger partial charge in [0.05, 0.1) is 6.54 Å². The number of rotatable bonds is 8. The van der Waals surface area contributed by atoms with Gasteiger partial charge in [-0.3, -0.25) is 9.69 Å². The van der Waals surface area contributed by atoms with Crippen LogP contribution in [0.2, 0.25) is 0 Å². The molecule has 0 saturated heterocycles. The molecule has 2 N–H and O–H groups in total. The van der Waals surface area contributed by atoms with Crippen LogP contribution in [0.25, 0.3) is 0 Å². The summed E-state index contributed by atoms with van der Waals surface area (Å²) in [4.78, 5) is 12.7. The molecule has 9 heteroatoms. The van der Waals surface area contributed by atoms with Crippen LogP contribution in [0.4, 0.5) is 27.6 Å². The lowest BCUT2D eigenvalue weighted by atomic mass is 10.2. The molecule has 0 heterocycles. The smallest absolute Gasteiger partial charge is 0.396 e. The molecule has 0 aromatic heterocycles. The lowest BCUT2D eigenvalue weighted by Crippen LogP contribution is -2.37. The zero-order valence-electron chi connectivity index (χ0n) is 12.2. The van der Waals surface area contributed by atoms with Gasteiger partial charge >= 0.3 is 6.18 Å². The number of alkyl halides is 3. The molecule has 1 rings (SSSR count). The number of hydrogen-bond donors (Lipinski definition) is 2. The van der Waals surface area contributed by atoms with Crippen LogP contribution >= 0.6 is 0 Å². The largest absolute Gasteiger partial charge is 0.401 e. The van der Waals surface area contributed by atoms with Crippen molar-refractivity contribution in [1.29, 1.82) is 0 Å². The minimum absolute atomic E-state index is 0.0160. The number of carbonyl (C=O) groups is 1. The van der Waals surface area contributed by atoms with E-state index in [0.717, 1.165) is 17.0 Å². The average molecular weight is 340 g/mol. The molecule has 0 radical (unpaired) electrons. The number of amides is 1. The first-order chi connectivity index (χ1) is 10.7. The second-order valence-corrected chi connectivity index (χ2v) is 4.92. The van der Waals surface area contributed by atoms with E-state index in [4.69, 9.17) is 5.11 Å². The summed E-state index contributed by atoms with van der Waals surface area (Å²) >= 11 is 0. The molecule has 0 spiro atoms. The SMILES string of the molecule is O=C(CCN(CCCO)CC(F)(F)F)Nc1cc(F)cc(F)c1. The summed E-state index contributed by atoms with van der Waals surface area (Å²) in [6.07, 6.45) is -4.55. The molecule has 1 amide bonds. The van der Waals surface area contributed by atoms with Crippen molar-refractivity contribution in [3.8, 4) is 0 Å². The first-order valence-corrected chi connectivity index (χ1v) is 6.85. The fraction of sp³-hybridized carbons (Fsp3) is 0.500. The molecule has 23 heavy (non-hydrogen) atoms. The van der Waals surface area contributed by atoms with Crippen molar-refractivity contribution >= 4 is 11.6 Å². The Morgan fingerprint density at radius 3 is 2.26 bits per heavy atom. The Labute approximate surface area is 129 Å². The second kappa shape index (κ2) is 8.78. The van der Waals surface area contributed by atoms with Crippen molar-refractivity contribution in [1.82, 2.24) is 4.90 Å². The zero-order valence-corrected chi connectivity index (χ0v) is 12.2. The van der Waals surface area contributed by atoms with E-state index in [1.54, 1.807) is 0 Å². The fourth-order valence-electron chi connectivity index (χ4n) is 1.93.